The van der Waals surface area contributed by atoms with Crippen LogP contribution in [0, 0.1) is 0 Å². The molecule has 0 radical (unpaired) electrons. The number of Topliss-reactive ketones (excluding diaryl/α,β-unsaturated/α-hetero) is 1. The minimum absolute atomic E-state index is 0.00509. The number of carbonyl (C=O) groups is 3. The van der Waals surface area contributed by atoms with Crippen LogP contribution in [0.1, 0.15) is 61.0 Å². The van der Waals surface area contributed by atoms with Gasteiger partial charge in [0.1, 0.15) is 18.2 Å². The molecule has 0 aliphatic carbocycles. The maximum Gasteiger partial charge on any atom is 0.248 e. The van der Waals surface area contributed by atoms with E-state index in [4.69, 9.17) is 10.7 Å². The molecule has 0 saturated carbocycles. The van der Waals surface area contributed by atoms with Crippen molar-refractivity contribution in [3.05, 3.63) is 35.8 Å². The van der Waals surface area contributed by atoms with Crippen molar-refractivity contribution in [2.45, 2.75) is 57.0 Å². The molecular weight excluding hydrogens is 476 g/mol. The molecule has 4 N–H and O–H groups in total. The lowest BCUT2D eigenvalue weighted by Crippen LogP contribution is -2.47. The van der Waals surface area contributed by atoms with Crippen molar-refractivity contribution in [3.63, 3.8) is 0 Å². The van der Waals surface area contributed by atoms with Crippen LogP contribution in [-0.2, 0) is 9.59 Å². The predicted octanol–water partition coefficient (Wildman–Crippen LogP) is 1.05. The molecular formula is C25H28N8O4. The van der Waals surface area contributed by atoms with Crippen molar-refractivity contribution in [1.29, 1.82) is 0 Å². The van der Waals surface area contributed by atoms with E-state index >= 15 is 0 Å². The van der Waals surface area contributed by atoms with Gasteiger partial charge in [-0.1, -0.05) is 0 Å². The van der Waals surface area contributed by atoms with Crippen molar-refractivity contribution < 1.29 is 19.5 Å². The number of fused-ring (bicyclic) bond motifs is 3. The fraction of sp³-hybridized carbons (Fsp3) is 0.440. The molecule has 3 aliphatic rings. The molecule has 192 valence electrons. The number of nitrogen functional groups attached to an aromatic ring is 1. The number of aliphatic hydroxyl groups is 1. The molecule has 12 heteroatoms. The Hall–Kier alpha value is -3.90. The average Bonchev–Trinajstić information content (AvgIpc) is 3.59. The molecule has 0 aromatic carbocycles. The van der Waals surface area contributed by atoms with Crippen molar-refractivity contribution >= 4 is 34.9 Å². The van der Waals surface area contributed by atoms with Gasteiger partial charge in [0.2, 0.25) is 11.8 Å². The molecule has 6 rings (SSSR count). The predicted molar refractivity (Wildman–Crippen MR) is 133 cm³/mol. The number of hydrogen-bond donors (Lipinski definition) is 3. The van der Waals surface area contributed by atoms with Gasteiger partial charge >= 0.3 is 0 Å². The number of nitrogens with one attached hydrogen (secondary N) is 1. The van der Waals surface area contributed by atoms with Crippen molar-refractivity contribution in [1.82, 2.24) is 29.9 Å². The SMILES string of the molecule is CC(=O)c1c([C@H]2C[C@H]3CC[C@@H](C2)N3C(=O)CO)nc2c(-c3ccc(N4NCCC4=O)nc3)cnn2c1N. The molecule has 3 aromatic heterocycles. The smallest absolute Gasteiger partial charge is 0.248 e. The van der Waals surface area contributed by atoms with Crippen molar-refractivity contribution in [2.24, 2.45) is 0 Å². The summed E-state index contributed by atoms with van der Waals surface area (Å²) in [5, 5.41) is 15.3. The van der Waals surface area contributed by atoms with Gasteiger partial charge in [0.15, 0.2) is 11.4 Å². The lowest BCUT2D eigenvalue weighted by Gasteiger charge is -2.39. The van der Waals surface area contributed by atoms with Gasteiger partial charge in [0.05, 0.1) is 17.5 Å². The molecule has 0 spiro atoms. The number of ketones is 1. The molecule has 3 saturated heterocycles. The van der Waals surface area contributed by atoms with E-state index in [1.807, 2.05) is 11.0 Å². The number of rotatable bonds is 5. The van der Waals surface area contributed by atoms with Crippen LogP contribution in [0.3, 0.4) is 0 Å². The number of piperidine rings is 1. The second kappa shape index (κ2) is 8.89. The molecule has 37 heavy (non-hydrogen) atoms. The highest BCUT2D eigenvalue weighted by molar-refractivity contribution is 6.00. The third-order valence-corrected chi connectivity index (χ3v) is 7.75. The van der Waals surface area contributed by atoms with Crippen LogP contribution in [0.2, 0.25) is 0 Å². The van der Waals surface area contributed by atoms with E-state index in [-0.39, 0.29) is 41.4 Å². The van der Waals surface area contributed by atoms with Crippen molar-refractivity contribution in [3.8, 4) is 11.1 Å². The number of nitrogens with zero attached hydrogens (tertiary/aromatic N) is 6. The molecule has 3 atom stereocenters. The highest BCUT2D eigenvalue weighted by Gasteiger charge is 2.44. The molecule has 12 nitrogen and oxygen atoms in total. The van der Waals surface area contributed by atoms with Gasteiger partial charge in [0.25, 0.3) is 0 Å². The fourth-order valence-electron chi connectivity index (χ4n) is 6.14. The Balaban J connectivity index is 1.39. The van der Waals surface area contributed by atoms with E-state index in [1.165, 1.54) is 16.4 Å². The first-order valence-electron chi connectivity index (χ1n) is 12.5. The van der Waals surface area contributed by atoms with E-state index in [0.29, 0.717) is 54.1 Å². The number of pyridine rings is 1. The normalized spacial score (nSPS) is 23.3. The topological polar surface area (TPSA) is 159 Å². The minimum Gasteiger partial charge on any atom is -0.387 e. The number of carbonyl (C=O) groups excluding carboxylic acids is 3. The fourth-order valence-corrected chi connectivity index (χ4v) is 6.14. The number of hydrazine groups is 1. The van der Waals surface area contributed by atoms with Gasteiger partial charge in [-0.25, -0.2) is 20.4 Å². The number of nitrogens with two attached hydrogens (primary N) is 1. The summed E-state index contributed by atoms with van der Waals surface area (Å²) in [6.45, 7) is 1.56. The lowest BCUT2D eigenvalue weighted by molar-refractivity contribution is -0.138. The zero-order valence-corrected chi connectivity index (χ0v) is 20.4. The van der Waals surface area contributed by atoms with Crippen LogP contribution in [0.4, 0.5) is 11.6 Å². The molecule has 6 heterocycles. The Morgan fingerprint density at radius 3 is 2.54 bits per heavy atom. The van der Waals surface area contributed by atoms with E-state index in [9.17, 15) is 19.5 Å². The second-order valence-corrected chi connectivity index (χ2v) is 9.91. The van der Waals surface area contributed by atoms with Gasteiger partial charge in [-0.15, -0.1) is 0 Å². The van der Waals surface area contributed by atoms with Crippen molar-refractivity contribution in [2.75, 3.05) is 23.9 Å². The lowest BCUT2D eigenvalue weighted by atomic mass is 9.85. The molecule has 3 aromatic rings. The van der Waals surface area contributed by atoms with Gasteiger partial charge in [-0.05, 0) is 44.7 Å². The second-order valence-electron chi connectivity index (χ2n) is 9.91. The first kappa shape index (κ1) is 23.5. The van der Waals surface area contributed by atoms with Crippen LogP contribution in [0.5, 0.6) is 0 Å². The number of aliphatic hydroxyl groups excluding tert-OH is 1. The standard InChI is InChI=1S/C25H28N8O4/c1-13(35)22-23(15-8-16-3-4-17(9-15)31(16)21(37)12-34)30-25-18(11-29-33(25)24(22)26)14-2-5-19(27-10-14)32-20(36)6-7-28-32/h2,5,10-11,15-17,28,34H,3-4,6-9,12,26H2,1H3/t15-,16+,17-. The first-order valence-corrected chi connectivity index (χ1v) is 12.5. The van der Waals surface area contributed by atoms with Crippen LogP contribution < -0.4 is 16.2 Å². The summed E-state index contributed by atoms with van der Waals surface area (Å²) >= 11 is 0. The Morgan fingerprint density at radius 1 is 1.19 bits per heavy atom. The Morgan fingerprint density at radius 2 is 1.95 bits per heavy atom. The highest BCUT2D eigenvalue weighted by Crippen LogP contribution is 2.44. The van der Waals surface area contributed by atoms with E-state index in [2.05, 4.69) is 15.5 Å². The molecule has 2 bridgehead atoms. The van der Waals surface area contributed by atoms with Crippen LogP contribution in [-0.4, -0.2) is 72.4 Å². The zero-order chi connectivity index (χ0) is 25.8. The summed E-state index contributed by atoms with van der Waals surface area (Å²) in [5.41, 5.74) is 12.5. The zero-order valence-electron chi connectivity index (χ0n) is 20.4. The average molecular weight is 505 g/mol. The monoisotopic (exact) mass is 504 g/mol. The number of aromatic nitrogens is 4. The summed E-state index contributed by atoms with van der Waals surface area (Å²) in [7, 11) is 0. The number of anilines is 2. The summed E-state index contributed by atoms with van der Waals surface area (Å²) in [6.07, 6.45) is 6.78. The van der Waals surface area contributed by atoms with Gasteiger partial charge in [-0.2, -0.15) is 9.61 Å². The third-order valence-electron chi connectivity index (χ3n) is 7.75. The van der Waals surface area contributed by atoms with E-state index < -0.39 is 6.61 Å². The highest BCUT2D eigenvalue weighted by atomic mass is 16.3. The summed E-state index contributed by atoms with van der Waals surface area (Å²) in [4.78, 5) is 48.3. The maximum absolute atomic E-state index is 12.7. The molecule has 3 aliphatic heterocycles. The molecule has 3 fully saturated rings. The van der Waals surface area contributed by atoms with E-state index in [1.54, 1.807) is 18.5 Å². The van der Waals surface area contributed by atoms with Gasteiger partial charge in [-0.3, -0.25) is 14.4 Å². The Kier molecular flexibility index (Phi) is 5.64. The number of amides is 2. The quantitative estimate of drug-likeness (QED) is 0.432. The summed E-state index contributed by atoms with van der Waals surface area (Å²) in [5.74, 6) is 0.218. The minimum atomic E-state index is -0.498. The van der Waals surface area contributed by atoms with E-state index in [0.717, 1.165) is 18.4 Å². The third kappa shape index (κ3) is 3.75. The Labute approximate surface area is 212 Å². The largest absolute Gasteiger partial charge is 0.387 e. The first-order chi connectivity index (χ1) is 17.9. The van der Waals surface area contributed by atoms with Crippen LogP contribution in [0.15, 0.2) is 24.5 Å². The maximum atomic E-state index is 12.7. The summed E-state index contributed by atoms with van der Waals surface area (Å²) < 4.78 is 1.48. The van der Waals surface area contributed by atoms with Gasteiger partial charge in [0, 0.05) is 48.3 Å². The Bertz CT molecular complexity index is 1400. The van der Waals surface area contributed by atoms with Crippen LogP contribution in [0.25, 0.3) is 16.8 Å². The molecule has 2 amide bonds. The van der Waals surface area contributed by atoms with Crippen LogP contribution >= 0.6 is 0 Å². The summed E-state index contributed by atoms with van der Waals surface area (Å²) in [6, 6.07) is 3.62. The van der Waals surface area contributed by atoms with Gasteiger partial charge < -0.3 is 15.7 Å². The number of hydrogen-bond acceptors (Lipinski definition) is 9. The molecule has 0 unspecified atom stereocenters.